The molecule has 0 saturated carbocycles. The van der Waals surface area contributed by atoms with Crippen LogP contribution in [-0.2, 0) is 16.1 Å². The van der Waals surface area contributed by atoms with Gasteiger partial charge in [0.15, 0.2) is 0 Å². The lowest BCUT2D eigenvalue weighted by Gasteiger charge is -2.26. The SMILES string of the molecule is O=C(CNc1cccc(OCc2ccccc2)c1)Nc1ccc(C(=O)N2CCOCC2)cc1. The molecule has 1 aliphatic rings. The van der Waals surface area contributed by atoms with Crippen LogP contribution in [0.3, 0.4) is 0 Å². The number of amides is 2. The normalized spacial score (nSPS) is 13.3. The fourth-order valence-electron chi connectivity index (χ4n) is 3.47. The van der Waals surface area contributed by atoms with E-state index in [1.165, 1.54) is 0 Å². The number of benzene rings is 3. The number of hydrogen-bond donors (Lipinski definition) is 2. The van der Waals surface area contributed by atoms with Crippen molar-refractivity contribution in [1.29, 1.82) is 0 Å². The average Bonchev–Trinajstić information content (AvgIpc) is 2.88. The third-order valence-electron chi connectivity index (χ3n) is 5.25. The minimum absolute atomic E-state index is 0.0211. The summed E-state index contributed by atoms with van der Waals surface area (Å²) < 4.78 is 11.1. The molecule has 1 saturated heterocycles. The lowest BCUT2D eigenvalue weighted by molar-refractivity contribution is -0.114. The molecule has 170 valence electrons. The molecule has 0 spiro atoms. The van der Waals surface area contributed by atoms with E-state index in [0.29, 0.717) is 44.2 Å². The van der Waals surface area contributed by atoms with Gasteiger partial charge in [-0.2, -0.15) is 0 Å². The smallest absolute Gasteiger partial charge is 0.254 e. The van der Waals surface area contributed by atoms with Crippen molar-refractivity contribution in [2.75, 3.05) is 43.5 Å². The van der Waals surface area contributed by atoms with Crippen LogP contribution < -0.4 is 15.4 Å². The van der Waals surface area contributed by atoms with Crippen LogP contribution in [0, 0.1) is 0 Å². The molecule has 33 heavy (non-hydrogen) atoms. The number of anilines is 2. The van der Waals surface area contributed by atoms with Crippen molar-refractivity contribution < 1.29 is 19.1 Å². The number of nitrogens with zero attached hydrogens (tertiary/aromatic N) is 1. The molecule has 0 aromatic heterocycles. The lowest BCUT2D eigenvalue weighted by atomic mass is 10.1. The molecule has 4 rings (SSSR count). The summed E-state index contributed by atoms with van der Waals surface area (Å²) in [5, 5.41) is 5.95. The Morgan fingerprint density at radius 2 is 1.64 bits per heavy atom. The highest BCUT2D eigenvalue weighted by atomic mass is 16.5. The van der Waals surface area contributed by atoms with Crippen molar-refractivity contribution >= 4 is 23.2 Å². The average molecular weight is 446 g/mol. The highest BCUT2D eigenvalue weighted by Crippen LogP contribution is 2.19. The minimum Gasteiger partial charge on any atom is -0.489 e. The van der Waals surface area contributed by atoms with Gasteiger partial charge in [0.05, 0.1) is 19.8 Å². The van der Waals surface area contributed by atoms with Gasteiger partial charge in [-0.1, -0.05) is 36.4 Å². The van der Waals surface area contributed by atoms with E-state index in [9.17, 15) is 9.59 Å². The Labute approximate surface area is 193 Å². The van der Waals surface area contributed by atoms with Gasteiger partial charge in [-0.15, -0.1) is 0 Å². The van der Waals surface area contributed by atoms with Gasteiger partial charge in [0.1, 0.15) is 12.4 Å². The highest BCUT2D eigenvalue weighted by Gasteiger charge is 2.18. The van der Waals surface area contributed by atoms with Gasteiger partial charge in [0.2, 0.25) is 5.91 Å². The maximum Gasteiger partial charge on any atom is 0.254 e. The van der Waals surface area contributed by atoms with Gasteiger partial charge < -0.3 is 25.0 Å². The summed E-state index contributed by atoms with van der Waals surface area (Å²) in [5.41, 5.74) is 3.12. The summed E-state index contributed by atoms with van der Waals surface area (Å²) in [4.78, 5) is 26.6. The van der Waals surface area contributed by atoms with Crippen molar-refractivity contribution in [1.82, 2.24) is 4.90 Å². The largest absolute Gasteiger partial charge is 0.489 e. The van der Waals surface area contributed by atoms with Gasteiger partial charge in [-0.25, -0.2) is 0 Å². The minimum atomic E-state index is -0.183. The van der Waals surface area contributed by atoms with Crippen LogP contribution in [0.15, 0.2) is 78.9 Å². The zero-order chi connectivity index (χ0) is 22.9. The molecular weight excluding hydrogens is 418 g/mol. The summed E-state index contributed by atoms with van der Waals surface area (Å²) in [6, 6.07) is 24.4. The van der Waals surface area contributed by atoms with Crippen LogP contribution in [0.2, 0.25) is 0 Å². The van der Waals surface area contributed by atoms with Gasteiger partial charge >= 0.3 is 0 Å². The molecule has 3 aromatic rings. The molecule has 1 fully saturated rings. The van der Waals surface area contributed by atoms with Crippen LogP contribution in [0.1, 0.15) is 15.9 Å². The third kappa shape index (κ3) is 6.57. The van der Waals surface area contributed by atoms with E-state index in [1.54, 1.807) is 29.2 Å². The summed E-state index contributed by atoms with van der Waals surface area (Å²) in [5.74, 6) is 0.523. The second kappa shape index (κ2) is 11.2. The van der Waals surface area contributed by atoms with E-state index in [1.807, 2.05) is 54.6 Å². The molecule has 1 heterocycles. The Hall–Kier alpha value is -3.84. The molecule has 0 aliphatic carbocycles. The fraction of sp³-hybridized carbons (Fsp3) is 0.231. The second-order valence-corrected chi connectivity index (χ2v) is 7.69. The van der Waals surface area contributed by atoms with Gasteiger partial charge in [0, 0.05) is 36.1 Å². The number of morpholine rings is 1. The Balaban J connectivity index is 1.25. The number of nitrogens with one attached hydrogen (secondary N) is 2. The van der Waals surface area contributed by atoms with E-state index >= 15 is 0 Å². The second-order valence-electron chi connectivity index (χ2n) is 7.69. The number of carbonyl (C=O) groups excluding carboxylic acids is 2. The number of carbonyl (C=O) groups is 2. The third-order valence-corrected chi connectivity index (χ3v) is 5.25. The monoisotopic (exact) mass is 445 g/mol. The molecule has 7 nitrogen and oxygen atoms in total. The predicted molar refractivity (Wildman–Crippen MR) is 127 cm³/mol. The summed E-state index contributed by atoms with van der Waals surface area (Å²) >= 11 is 0. The Kier molecular flexibility index (Phi) is 7.56. The standard InChI is InChI=1S/C26H27N3O4/c30-25(28-22-11-9-21(10-12-22)26(31)29-13-15-32-16-14-29)18-27-23-7-4-8-24(17-23)33-19-20-5-2-1-3-6-20/h1-12,17,27H,13-16,18-19H2,(H,28,30). The van der Waals surface area contributed by atoms with Crippen molar-refractivity contribution in [3.05, 3.63) is 90.0 Å². The zero-order valence-corrected chi connectivity index (χ0v) is 18.3. The quantitative estimate of drug-likeness (QED) is 0.552. The van der Waals surface area contributed by atoms with Crippen LogP contribution in [0.25, 0.3) is 0 Å². The fourth-order valence-corrected chi connectivity index (χ4v) is 3.47. The Morgan fingerprint density at radius 3 is 2.39 bits per heavy atom. The molecule has 0 bridgehead atoms. The topological polar surface area (TPSA) is 79.9 Å². The summed E-state index contributed by atoms with van der Waals surface area (Å²) in [6.07, 6.45) is 0. The van der Waals surface area contributed by atoms with E-state index in [-0.39, 0.29) is 18.4 Å². The molecule has 0 atom stereocenters. The number of hydrogen-bond acceptors (Lipinski definition) is 5. The maximum absolute atomic E-state index is 12.5. The Bertz CT molecular complexity index is 1060. The zero-order valence-electron chi connectivity index (χ0n) is 18.3. The number of ether oxygens (including phenoxy) is 2. The predicted octanol–water partition coefficient (Wildman–Crippen LogP) is 3.79. The van der Waals surface area contributed by atoms with Crippen molar-refractivity contribution in [3.63, 3.8) is 0 Å². The molecule has 3 aromatic carbocycles. The van der Waals surface area contributed by atoms with Crippen molar-refractivity contribution in [2.45, 2.75) is 6.61 Å². The van der Waals surface area contributed by atoms with Crippen LogP contribution in [0.4, 0.5) is 11.4 Å². The maximum atomic E-state index is 12.5. The molecule has 2 amide bonds. The van der Waals surface area contributed by atoms with Crippen LogP contribution >= 0.6 is 0 Å². The molecule has 1 aliphatic heterocycles. The molecule has 0 unspecified atom stereocenters. The van der Waals surface area contributed by atoms with E-state index in [4.69, 9.17) is 9.47 Å². The molecule has 7 heteroatoms. The van der Waals surface area contributed by atoms with Gasteiger partial charge in [-0.05, 0) is 42.0 Å². The summed E-state index contributed by atoms with van der Waals surface area (Å²) in [6.45, 7) is 2.91. The van der Waals surface area contributed by atoms with E-state index in [0.717, 1.165) is 17.0 Å². The first-order chi connectivity index (χ1) is 16.2. The van der Waals surface area contributed by atoms with Crippen LogP contribution in [0.5, 0.6) is 5.75 Å². The first-order valence-corrected chi connectivity index (χ1v) is 10.9. The van der Waals surface area contributed by atoms with Gasteiger partial charge in [-0.3, -0.25) is 9.59 Å². The molecule has 2 N–H and O–H groups in total. The van der Waals surface area contributed by atoms with E-state index < -0.39 is 0 Å². The first-order valence-electron chi connectivity index (χ1n) is 10.9. The number of rotatable bonds is 8. The molecule has 0 radical (unpaired) electrons. The highest BCUT2D eigenvalue weighted by molar-refractivity contribution is 5.96. The first kappa shape index (κ1) is 22.4. The van der Waals surface area contributed by atoms with Crippen molar-refractivity contribution in [3.8, 4) is 5.75 Å². The van der Waals surface area contributed by atoms with Gasteiger partial charge in [0.25, 0.3) is 5.91 Å². The van der Waals surface area contributed by atoms with E-state index in [2.05, 4.69) is 10.6 Å². The molecular formula is C26H27N3O4. The summed E-state index contributed by atoms with van der Waals surface area (Å²) in [7, 11) is 0. The van der Waals surface area contributed by atoms with Crippen LogP contribution in [-0.4, -0.2) is 49.6 Å². The van der Waals surface area contributed by atoms with Crippen molar-refractivity contribution in [2.24, 2.45) is 0 Å². The Morgan fingerprint density at radius 1 is 0.879 bits per heavy atom. The lowest BCUT2D eigenvalue weighted by Crippen LogP contribution is -2.40.